The van der Waals surface area contributed by atoms with Crippen molar-refractivity contribution in [3.63, 3.8) is 0 Å². The predicted molar refractivity (Wildman–Crippen MR) is 62.1 cm³/mol. The Balaban J connectivity index is 3.03. The summed E-state index contributed by atoms with van der Waals surface area (Å²) in [5.74, 6) is -1.84. The van der Waals surface area contributed by atoms with Crippen LogP contribution in [0.25, 0.3) is 0 Å². The first-order valence-corrected chi connectivity index (χ1v) is 6.62. The van der Waals surface area contributed by atoms with E-state index in [1.165, 1.54) is 12.1 Å². The molecule has 0 atom stereocenters. The Hall–Kier alpha value is -0.780. The number of hydrogen-bond acceptors (Lipinski definition) is 3. The molecule has 0 aromatic heterocycles. The number of carbonyl (C=O) groups excluding carboxylic acids is 1. The Morgan fingerprint density at radius 3 is 2.19 bits per heavy atom. The number of benzene rings is 1. The average molecular weight is 282 g/mol. The van der Waals surface area contributed by atoms with Crippen LogP contribution in [-0.2, 0) is 14.6 Å². The molecule has 7 heteroatoms. The lowest BCUT2D eigenvalue weighted by Crippen LogP contribution is -2.39. The standard InChI is InChI=1S/C9H9Cl2NO3S/c10-9(11,8(12)13)6-16(14,15)7-4-2-1-3-5-7/h1-5H,6H2,(H2,12,13). The molecule has 0 radical (unpaired) electrons. The van der Waals surface area contributed by atoms with Gasteiger partial charge in [0.15, 0.2) is 9.84 Å². The first-order valence-electron chi connectivity index (χ1n) is 4.21. The van der Waals surface area contributed by atoms with Crippen molar-refractivity contribution in [3.8, 4) is 0 Å². The molecule has 16 heavy (non-hydrogen) atoms. The van der Waals surface area contributed by atoms with Crippen LogP contribution in [0.3, 0.4) is 0 Å². The largest absolute Gasteiger partial charge is 0.367 e. The number of amides is 1. The van der Waals surface area contributed by atoms with Crippen LogP contribution in [-0.4, -0.2) is 24.4 Å². The van der Waals surface area contributed by atoms with Gasteiger partial charge < -0.3 is 5.73 Å². The third-order valence-corrected chi connectivity index (χ3v) is 4.59. The summed E-state index contributed by atoms with van der Waals surface area (Å²) in [5.41, 5.74) is 4.89. The van der Waals surface area contributed by atoms with Gasteiger partial charge in [-0.25, -0.2) is 8.42 Å². The fraction of sp³-hybridized carbons (Fsp3) is 0.222. The van der Waals surface area contributed by atoms with E-state index >= 15 is 0 Å². The van der Waals surface area contributed by atoms with E-state index in [-0.39, 0.29) is 4.90 Å². The molecule has 0 heterocycles. The second-order valence-corrected chi connectivity index (χ2v) is 6.61. The van der Waals surface area contributed by atoms with Crippen molar-refractivity contribution >= 4 is 38.9 Å². The topological polar surface area (TPSA) is 77.2 Å². The van der Waals surface area contributed by atoms with Gasteiger partial charge >= 0.3 is 0 Å². The molecular weight excluding hydrogens is 273 g/mol. The maximum atomic E-state index is 11.8. The van der Waals surface area contributed by atoms with E-state index in [9.17, 15) is 13.2 Å². The monoisotopic (exact) mass is 281 g/mol. The zero-order chi connectivity index (χ0) is 12.4. The molecule has 1 amide bonds. The molecule has 0 unspecified atom stereocenters. The van der Waals surface area contributed by atoms with Gasteiger partial charge in [-0.15, -0.1) is 0 Å². The molecule has 2 N–H and O–H groups in total. The van der Waals surface area contributed by atoms with Gasteiger partial charge in [-0.05, 0) is 12.1 Å². The maximum Gasteiger partial charge on any atom is 0.254 e. The zero-order valence-corrected chi connectivity index (χ0v) is 10.4. The Morgan fingerprint density at radius 2 is 1.75 bits per heavy atom. The van der Waals surface area contributed by atoms with Gasteiger partial charge in [0.05, 0.1) is 10.6 Å². The van der Waals surface area contributed by atoms with Gasteiger partial charge in [0.2, 0.25) is 4.33 Å². The lowest BCUT2D eigenvalue weighted by atomic mass is 10.4. The summed E-state index contributed by atoms with van der Waals surface area (Å²) < 4.78 is 21.4. The summed E-state index contributed by atoms with van der Waals surface area (Å²) in [6.07, 6.45) is 0. The van der Waals surface area contributed by atoms with Crippen molar-refractivity contribution in [2.24, 2.45) is 5.73 Å². The van der Waals surface area contributed by atoms with E-state index in [4.69, 9.17) is 28.9 Å². The number of rotatable bonds is 4. The molecule has 0 aliphatic rings. The van der Waals surface area contributed by atoms with Crippen LogP contribution in [0.4, 0.5) is 0 Å². The normalized spacial score (nSPS) is 12.4. The number of nitrogens with two attached hydrogens (primary N) is 1. The molecule has 88 valence electrons. The summed E-state index contributed by atoms with van der Waals surface area (Å²) in [5, 5.41) is 0. The first-order chi connectivity index (χ1) is 7.26. The van der Waals surface area contributed by atoms with Gasteiger partial charge in [-0.1, -0.05) is 41.4 Å². The van der Waals surface area contributed by atoms with E-state index in [0.717, 1.165) is 0 Å². The molecule has 4 nitrogen and oxygen atoms in total. The van der Waals surface area contributed by atoms with E-state index in [1.54, 1.807) is 18.2 Å². The minimum Gasteiger partial charge on any atom is -0.367 e. The Morgan fingerprint density at radius 1 is 1.25 bits per heavy atom. The number of primary amides is 1. The summed E-state index contributed by atoms with van der Waals surface area (Å²) in [6.45, 7) is 0. The van der Waals surface area contributed by atoms with Crippen LogP contribution in [0, 0.1) is 0 Å². The SMILES string of the molecule is NC(=O)C(Cl)(Cl)CS(=O)(=O)c1ccccc1. The molecule has 0 bridgehead atoms. The van der Waals surface area contributed by atoms with Gasteiger partial charge in [-0.3, -0.25) is 4.79 Å². The number of sulfone groups is 1. The zero-order valence-electron chi connectivity index (χ0n) is 8.06. The average Bonchev–Trinajstić information content (AvgIpc) is 2.17. The molecule has 0 aliphatic heterocycles. The lowest BCUT2D eigenvalue weighted by molar-refractivity contribution is -0.118. The van der Waals surface area contributed by atoms with E-state index in [0.29, 0.717) is 0 Å². The van der Waals surface area contributed by atoms with E-state index in [1.807, 2.05) is 0 Å². The molecule has 0 saturated carbocycles. The van der Waals surface area contributed by atoms with Crippen LogP contribution >= 0.6 is 23.2 Å². The Labute approximate surface area is 103 Å². The van der Waals surface area contributed by atoms with Crippen molar-refractivity contribution in [2.75, 3.05) is 5.75 Å². The molecule has 0 saturated heterocycles. The second kappa shape index (κ2) is 4.61. The number of hydrogen-bond donors (Lipinski definition) is 1. The van der Waals surface area contributed by atoms with Crippen molar-refractivity contribution < 1.29 is 13.2 Å². The molecule has 1 aromatic carbocycles. The van der Waals surface area contributed by atoms with Gasteiger partial charge in [0.1, 0.15) is 0 Å². The molecule has 1 aromatic rings. The van der Waals surface area contributed by atoms with Gasteiger partial charge in [0, 0.05) is 0 Å². The van der Waals surface area contributed by atoms with Crippen LogP contribution < -0.4 is 5.73 Å². The minimum atomic E-state index is -3.73. The Kier molecular flexibility index (Phi) is 3.83. The molecular formula is C9H9Cl2NO3S. The highest BCUT2D eigenvalue weighted by atomic mass is 35.5. The van der Waals surface area contributed by atoms with Crippen LogP contribution in [0.5, 0.6) is 0 Å². The number of halogens is 2. The number of carbonyl (C=O) groups is 1. The summed E-state index contributed by atoms with van der Waals surface area (Å²) >= 11 is 11.0. The van der Waals surface area contributed by atoms with Crippen LogP contribution in [0.1, 0.15) is 0 Å². The second-order valence-electron chi connectivity index (χ2n) is 3.14. The Bertz CT molecular complexity index is 485. The van der Waals surface area contributed by atoms with Crippen molar-refractivity contribution in [1.82, 2.24) is 0 Å². The summed E-state index contributed by atoms with van der Waals surface area (Å²) in [4.78, 5) is 10.9. The first kappa shape index (κ1) is 13.3. The summed E-state index contributed by atoms with van der Waals surface area (Å²) in [6, 6.07) is 7.56. The molecule has 1 rings (SSSR count). The maximum absolute atomic E-state index is 11.8. The molecule has 0 aliphatic carbocycles. The van der Waals surface area contributed by atoms with Gasteiger partial charge in [0.25, 0.3) is 5.91 Å². The third kappa shape index (κ3) is 3.10. The van der Waals surface area contributed by atoms with Gasteiger partial charge in [-0.2, -0.15) is 0 Å². The fourth-order valence-corrected chi connectivity index (χ4v) is 3.24. The highest BCUT2D eigenvalue weighted by Crippen LogP contribution is 2.25. The fourth-order valence-electron chi connectivity index (χ4n) is 1.02. The quantitative estimate of drug-likeness (QED) is 0.841. The van der Waals surface area contributed by atoms with Crippen molar-refractivity contribution in [3.05, 3.63) is 30.3 Å². The predicted octanol–water partition coefficient (Wildman–Crippen LogP) is 1.12. The van der Waals surface area contributed by atoms with Crippen LogP contribution in [0.2, 0.25) is 0 Å². The van der Waals surface area contributed by atoms with Crippen LogP contribution in [0.15, 0.2) is 35.2 Å². The van der Waals surface area contributed by atoms with E-state index in [2.05, 4.69) is 0 Å². The number of alkyl halides is 2. The highest BCUT2D eigenvalue weighted by Gasteiger charge is 2.37. The smallest absolute Gasteiger partial charge is 0.254 e. The van der Waals surface area contributed by atoms with E-state index < -0.39 is 25.8 Å². The molecule has 0 spiro atoms. The minimum absolute atomic E-state index is 0.0434. The van der Waals surface area contributed by atoms with Crippen molar-refractivity contribution in [2.45, 2.75) is 9.23 Å². The summed E-state index contributed by atoms with van der Waals surface area (Å²) in [7, 11) is -3.73. The van der Waals surface area contributed by atoms with Crippen molar-refractivity contribution in [1.29, 1.82) is 0 Å². The third-order valence-electron chi connectivity index (χ3n) is 1.83. The highest BCUT2D eigenvalue weighted by molar-refractivity contribution is 7.91. The molecule has 0 fully saturated rings. The lowest BCUT2D eigenvalue weighted by Gasteiger charge is -2.15.